The minimum Gasteiger partial charge on any atom is -0.255 e. The zero-order valence-corrected chi connectivity index (χ0v) is 27.0. The molecule has 49 heavy (non-hydrogen) atoms. The maximum atomic E-state index is 5.04. The Bertz CT molecular complexity index is 2570. The van der Waals surface area contributed by atoms with Crippen LogP contribution in [0.3, 0.4) is 0 Å². The highest BCUT2D eigenvalue weighted by atomic mass is 32.1. The number of hydrogen-bond acceptors (Lipinski definition) is 6. The van der Waals surface area contributed by atoms with Crippen LogP contribution in [-0.2, 0) is 0 Å². The quantitative estimate of drug-likeness (QED) is 0.180. The zero-order chi connectivity index (χ0) is 32.6. The van der Waals surface area contributed by atoms with E-state index in [2.05, 4.69) is 96.0 Å². The second-order valence-corrected chi connectivity index (χ2v) is 12.9. The molecule has 5 nitrogen and oxygen atoms in total. The maximum absolute atomic E-state index is 5.04. The normalized spacial score (nSPS) is 11.3. The van der Waals surface area contributed by atoms with E-state index in [0.717, 1.165) is 44.8 Å². The second kappa shape index (κ2) is 12.3. The Morgan fingerprint density at radius 1 is 0.347 bits per heavy atom. The summed E-state index contributed by atoms with van der Waals surface area (Å²) in [5.41, 5.74) is 9.05. The topological polar surface area (TPSA) is 64.5 Å². The molecule has 0 atom stereocenters. The van der Waals surface area contributed by atoms with Crippen LogP contribution in [-0.4, -0.2) is 24.9 Å². The van der Waals surface area contributed by atoms with Crippen LogP contribution in [0.5, 0.6) is 0 Å². The molecule has 4 aromatic heterocycles. The summed E-state index contributed by atoms with van der Waals surface area (Å²) >= 11 is 1.79. The van der Waals surface area contributed by atoms with Crippen molar-refractivity contribution in [3.8, 4) is 67.8 Å². The number of pyridine rings is 2. The van der Waals surface area contributed by atoms with Crippen molar-refractivity contribution in [2.75, 3.05) is 0 Å². The van der Waals surface area contributed by atoms with Gasteiger partial charge in [-0.05, 0) is 65.2 Å². The van der Waals surface area contributed by atoms with Crippen LogP contribution in [0, 0.1) is 0 Å². The third-order valence-electron chi connectivity index (χ3n) is 8.67. The minimum atomic E-state index is 0.641. The molecule has 4 heterocycles. The van der Waals surface area contributed by atoms with Gasteiger partial charge in [-0.1, -0.05) is 103 Å². The van der Waals surface area contributed by atoms with Gasteiger partial charge in [0.1, 0.15) is 0 Å². The second-order valence-electron chi connectivity index (χ2n) is 11.8. The molecule has 9 aromatic rings. The Labute approximate surface area is 287 Å². The fourth-order valence-electron chi connectivity index (χ4n) is 6.12. The largest absolute Gasteiger partial charge is 0.255 e. The van der Waals surface area contributed by atoms with Gasteiger partial charge in [0, 0.05) is 54.8 Å². The molecule has 0 amide bonds. The molecule has 230 valence electrons. The minimum absolute atomic E-state index is 0.641. The fourth-order valence-corrected chi connectivity index (χ4v) is 7.19. The number of fused-ring (bicyclic) bond motifs is 3. The number of thiophene rings is 1. The lowest BCUT2D eigenvalue weighted by Crippen LogP contribution is -2.00. The summed E-state index contributed by atoms with van der Waals surface area (Å²) in [5, 5.41) is 2.37. The van der Waals surface area contributed by atoms with Crippen molar-refractivity contribution >= 4 is 31.5 Å². The summed E-state index contributed by atoms with van der Waals surface area (Å²) in [7, 11) is 0. The first-order valence-electron chi connectivity index (χ1n) is 16.1. The molecule has 0 spiro atoms. The van der Waals surface area contributed by atoms with E-state index >= 15 is 0 Å². The van der Waals surface area contributed by atoms with Crippen molar-refractivity contribution in [2.24, 2.45) is 0 Å². The van der Waals surface area contributed by atoms with Gasteiger partial charge in [0.05, 0.1) is 11.4 Å². The van der Waals surface area contributed by atoms with Crippen molar-refractivity contribution in [1.29, 1.82) is 0 Å². The smallest absolute Gasteiger partial charge is 0.164 e. The molecule has 6 heteroatoms. The molecule has 0 radical (unpaired) electrons. The van der Waals surface area contributed by atoms with E-state index in [1.54, 1.807) is 17.5 Å². The Morgan fingerprint density at radius 2 is 0.837 bits per heavy atom. The highest BCUT2D eigenvalue weighted by Gasteiger charge is 2.15. The van der Waals surface area contributed by atoms with Gasteiger partial charge in [-0.3, -0.25) is 9.97 Å². The summed E-state index contributed by atoms with van der Waals surface area (Å²) in [5.74, 6) is 1.93. The van der Waals surface area contributed by atoms with Crippen molar-refractivity contribution in [3.63, 3.8) is 0 Å². The van der Waals surface area contributed by atoms with Gasteiger partial charge in [-0.25, -0.2) is 15.0 Å². The molecule has 0 saturated carbocycles. The standard InChI is InChI=1S/C43H27N5S/c1-3-9-28(10-4-1)29-14-16-31(17-15-29)42-46-41(30-11-5-2-6-12-30)47-43(48-42)33-20-23-40-36(26-33)35-25-32(19-22-39(35)49-40)34-18-21-38(45-27-34)37-13-7-8-24-44-37/h1-27H. The first-order chi connectivity index (χ1) is 24.2. The molecular weight excluding hydrogens is 619 g/mol. The third-order valence-corrected chi connectivity index (χ3v) is 9.82. The van der Waals surface area contributed by atoms with Crippen LogP contribution in [0.2, 0.25) is 0 Å². The lowest BCUT2D eigenvalue weighted by Gasteiger charge is -2.09. The summed E-state index contributed by atoms with van der Waals surface area (Å²) in [6.45, 7) is 0. The Balaban J connectivity index is 1.12. The van der Waals surface area contributed by atoms with Crippen LogP contribution in [0.4, 0.5) is 0 Å². The molecule has 0 aliphatic rings. The van der Waals surface area contributed by atoms with Gasteiger partial charge in [0.15, 0.2) is 17.5 Å². The summed E-state index contributed by atoms with van der Waals surface area (Å²) in [4.78, 5) is 24.1. The Hall–Kier alpha value is -6.37. The fraction of sp³-hybridized carbons (Fsp3) is 0. The van der Waals surface area contributed by atoms with Gasteiger partial charge in [0.25, 0.3) is 0 Å². The number of aromatic nitrogens is 5. The van der Waals surface area contributed by atoms with Gasteiger partial charge >= 0.3 is 0 Å². The molecule has 0 saturated heterocycles. The van der Waals surface area contributed by atoms with E-state index in [-0.39, 0.29) is 0 Å². The first kappa shape index (κ1) is 28.8. The van der Waals surface area contributed by atoms with Crippen molar-refractivity contribution in [1.82, 2.24) is 24.9 Å². The van der Waals surface area contributed by atoms with Crippen molar-refractivity contribution < 1.29 is 0 Å². The lowest BCUT2D eigenvalue weighted by molar-refractivity contribution is 1.07. The number of benzene rings is 5. The van der Waals surface area contributed by atoms with E-state index < -0.39 is 0 Å². The van der Waals surface area contributed by atoms with Gasteiger partial charge in [-0.15, -0.1) is 11.3 Å². The van der Waals surface area contributed by atoms with Crippen LogP contribution in [0.25, 0.3) is 88.0 Å². The van der Waals surface area contributed by atoms with E-state index in [1.807, 2.05) is 66.9 Å². The Kier molecular flexibility index (Phi) is 7.26. The van der Waals surface area contributed by atoms with Gasteiger partial charge in [0.2, 0.25) is 0 Å². The van der Waals surface area contributed by atoms with Crippen molar-refractivity contribution in [2.45, 2.75) is 0 Å². The highest BCUT2D eigenvalue weighted by Crippen LogP contribution is 2.38. The average molecular weight is 646 g/mol. The van der Waals surface area contributed by atoms with Gasteiger partial charge < -0.3 is 0 Å². The SMILES string of the molecule is c1ccc(-c2ccc(-c3nc(-c4ccccc4)nc(-c4ccc5sc6ccc(-c7ccc(-c8ccccn8)nc7)cc6c5c4)n3)cc2)cc1. The maximum Gasteiger partial charge on any atom is 0.164 e. The number of rotatable bonds is 6. The van der Waals surface area contributed by atoms with Crippen LogP contribution >= 0.6 is 11.3 Å². The van der Waals surface area contributed by atoms with E-state index in [0.29, 0.717) is 17.5 Å². The van der Waals surface area contributed by atoms with Crippen LogP contribution < -0.4 is 0 Å². The summed E-state index contributed by atoms with van der Waals surface area (Å²) in [6.07, 6.45) is 3.72. The lowest BCUT2D eigenvalue weighted by atomic mass is 10.0. The van der Waals surface area contributed by atoms with E-state index in [4.69, 9.17) is 19.9 Å². The molecular formula is C43H27N5S. The highest BCUT2D eigenvalue weighted by molar-refractivity contribution is 7.25. The average Bonchev–Trinajstić information content (AvgIpc) is 3.56. The van der Waals surface area contributed by atoms with Crippen LogP contribution in [0.15, 0.2) is 164 Å². The number of nitrogens with zero attached hydrogens (tertiary/aromatic N) is 5. The monoisotopic (exact) mass is 645 g/mol. The molecule has 0 unspecified atom stereocenters. The number of hydrogen-bond donors (Lipinski definition) is 0. The summed E-state index contributed by atoms with van der Waals surface area (Å²) in [6, 6.07) is 52.1. The molecule has 9 rings (SSSR count). The predicted octanol–water partition coefficient (Wildman–Crippen LogP) is 11.0. The zero-order valence-electron chi connectivity index (χ0n) is 26.2. The van der Waals surface area contributed by atoms with E-state index in [1.165, 1.54) is 25.7 Å². The molecule has 0 N–H and O–H groups in total. The molecule has 5 aromatic carbocycles. The molecule has 0 aliphatic carbocycles. The predicted molar refractivity (Wildman–Crippen MR) is 201 cm³/mol. The molecule has 0 aliphatic heterocycles. The molecule has 0 bridgehead atoms. The van der Waals surface area contributed by atoms with Crippen molar-refractivity contribution in [3.05, 3.63) is 164 Å². The summed E-state index contributed by atoms with van der Waals surface area (Å²) < 4.78 is 2.45. The molecule has 0 fully saturated rings. The third kappa shape index (κ3) is 5.64. The van der Waals surface area contributed by atoms with Crippen LogP contribution in [0.1, 0.15) is 0 Å². The van der Waals surface area contributed by atoms with E-state index in [9.17, 15) is 0 Å². The van der Waals surface area contributed by atoms with Gasteiger partial charge in [-0.2, -0.15) is 0 Å². The first-order valence-corrected chi connectivity index (χ1v) is 16.9. The Morgan fingerprint density at radius 3 is 1.47 bits per heavy atom.